The molecule has 0 aliphatic carbocycles. The van der Waals surface area contributed by atoms with E-state index >= 15 is 0 Å². The molecule has 0 atom stereocenters. The largest absolute Gasteiger partial charge is 0.487 e. The van der Waals surface area contributed by atoms with Crippen LogP contribution in [0.1, 0.15) is 18.2 Å². The normalized spacial score (nSPS) is 11.6. The first-order chi connectivity index (χ1) is 8.99. The number of imidazole rings is 1. The predicted octanol–water partition coefficient (Wildman–Crippen LogP) is 3.50. The van der Waals surface area contributed by atoms with Gasteiger partial charge >= 0.3 is 6.18 Å². The van der Waals surface area contributed by atoms with Gasteiger partial charge in [0.25, 0.3) is 0 Å². The van der Waals surface area contributed by atoms with Gasteiger partial charge in [-0.2, -0.15) is 13.2 Å². The number of benzene rings is 1. The maximum atomic E-state index is 12.4. The van der Waals surface area contributed by atoms with Gasteiger partial charge in [0.15, 0.2) is 0 Å². The molecule has 3 nitrogen and oxygen atoms in total. The molecular weight excluding hydrogens is 257 g/mol. The van der Waals surface area contributed by atoms with E-state index < -0.39 is 11.7 Å². The summed E-state index contributed by atoms with van der Waals surface area (Å²) in [5.74, 6) is 0.388. The minimum atomic E-state index is -4.32. The molecule has 6 heteroatoms. The molecule has 1 aromatic heterocycles. The van der Waals surface area contributed by atoms with E-state index in [0.717, 1.165) is 24.4 Å². The third kappa shape index (κ3) is 3.49. The van der Waals surface area contributed by atoms with Gasteiger partial charge < -0.3 is 9.30 Å². The van der Waals surface area contributed by atoms with Crippen LogP contribution in [0.4, 0.5) is 13.2 Å². The second kappa shape index (κ2) is 5.34. The Morgan fingerprint density at radius 1 is 1.21 bits per heavy atom. The van der Waals surface area contributed by atoms with Gasteiger partial charge in [-0.15, -0.1) is 0 Å². The Morgan fingerprint density at radius 2 is 1.89 bits per heavy atom. The zero-order chi connectivity index (χ0) is 13.9. The van der Waals surface area contributed by atoms with E-state index in [0.29, 0.717) is 5.75 Å². The average Bonchev–Trinajstić information content (AvgIpc) is 2.84. The van der Waals surface area contributed by atoms with Crippen LogP contribution in [0.15, 0.2) is 36.8 Å². The average molecular weight is 270 g/mol. The minimum absolute atomic E-state index is 0.234. The van der Waals surface area contributed by atoms with Gasteiger partial charge in [0, 0.05) is 12.7 Å². The van der Waals surface area contributed by atoms with Crippen molar-refractivity contribution in [2.24, 2.45) is 0 Å². The van der Waals surface area contributed by atoms with Crippen LogP contribution in [0.5, 0.6) is 5.75 Å². The molecule has 0 N–H and O–H groups in total. The molecule has 0 saturated heterocycles. The SMILES string of the molecule is CCn1cnc(COc2ccc(C(F)(F)F)cc2)c1. The lowest BCUT2D eigenvalue weighted by Crippen LogP contribution is -2.04. The van der Waals surface area contributed by atoms with Crippen molar-refractivity contribution in [1.29, 1.82) is 0 Å². The topological polar surface area (TPSA) is 27.1 Å². The summed E-state index contributed by atoms with van der Waals surface area (Å²) in [6.45, 7) is 3.04. The molecule has 0 unspecified atom stereocenters. The van der Waals surface area contributed by atoms with Gasteiger partial charge in [-0.3, -0.25) is 0 Å². The van der Waals surface area contributed by atoms with E-state index in [1.807, 2.05) is 17.7 Å². The van der Waals surface area contributed by atoms with Crippen molar-refractivity contribution in [2.75, 3.05) is 0 Å². The first-order valence-electron chi connectivity index (χ1n) is 5.79. The highest BCUT2D eigenvalue weighted by atomic mass is 19.4. The molecule has 0 radical (unpaired) electrons. The molecule has 0 aliphatic rings. The molecule has 102 valence electrons. The number of hydrogen-bond acceptors (Lipinski definition) is 2. The second-order valence-corrected chi connectivity index (χ2v) is 4.01. The lowest BCUT2D eigenvalue weighted by Gasteiger charge is -2.08. The summed E-state index contributed by atoms with van der Waals surface area (Å²) >= 11 is 0. The Morgan fingerprint density at radius 3 is 2.42 bits per heavy atom. The van der Waals surface area contributed by atoms with Gasteiger partial charge in [-0.1, -0.05) is 0 Å². The Labute approximate surface area is 108 Å². The van der Waals surface area contributed by atoms with Crippen LogP contribution < -0.4 is 4.74 Å². The fraction of sp³-hybridized carbons (Fsp3) is 0.308. The summed E-state index contributed by atoms with van der Waals surface area (Å²) < 4.78 is 44.3. The first kappa shape index (κ1) is 13.5. The number of alkyl halides is 3. The minimum Gasteiger partial charge on any atom is -0.487 e. The highest BCUT2D eigenvalue weighted by Crippen LogP contribution is 2.30. The molecule has 19 heavy (non-hydrogen) atoms. The number of aromatic nitrogens is 2. The maximum absolute atomic E-state index is 12.4. The molecule has 0 saturated carbocycles. The first-order valence-corrected chi connectivity index (χ1v) is 5.79. The number of hydrogen-bond donors (Lipinski definition) is 0. The molecule has 0 spiro atoms. The van der Waals surface area contributed by atoms with Gasteiger partial charge in [-0.25, -0.2) is 4.98 Å². The monoisotopic (exact) mass is 270 g/mol. The van der Waals surface area contributed by atoms with Crippen LogP contribution in [0.3, 0.4) is 0 Å². The lowest BCUT2D eigenvalue weighted by atomic mass is 10.2. The third-order valence-corrected chi connectivity index (χ3v) is 2.62. The van der Waals surface area contributed by atoms with Gasteiger partial charge in [0.2, 0.25) is 0 Å². The van der Waals surface area contributed by atoms with E-state index in [4.69, 9.17) is 4.74 Å². The van der Waals surface area contributed by atoms with Crippen molar-refractivity contribution in [2.45, 2.75) is 26.3 Å². The Balaban J connectivity index is 1.96. The van der Waals surface area contributed by atoms with Crippen LogP contribution in [-0.2, 0) is 19.3 Å². The highest BCUT2D eigenvalue weighted by molar-refractivity contribution is 5.28. The van der Waals surface area contributed by atoms with Crippen molar-refractivity contribution in [1.82, 2.24) is 9.55 Å². The lowest BCUT2D eigenvalue weighted by molar-refractivity contribution is -0.137. The molecule has 0 amide bonds. The molecule has 0 fully saturated rings. The van der Waals surface area contributed by atoms with Crippen LogP contribution in [0.2, 0.25) is 0 Å². The summed E-state index contributed by atoms with van der Waals surface area (Å²) in [7, 11) is 0. The highest BCUT2D eigenvalue weighted by Gasteiger charge is 2.29. The Hall–Kier alpha value is -1.98. The van der Waals surface area contributed by atoms with Crippen LogP contribution in [0.25, 0.3) is 0 Å². The summed E-state index contributed by atoms with van der Waals surface area (Å²) in [4.78, 5) is 4.12. The summed E-state index contributed by atoms with van der Waals surface area (Å²) in [5, 5.41) is 0. The van der Waals surface area contributed by atoms with Crippen molar-refractivity contribution < 1.29 is 17.9 Å². The van der Waals surface area contributed by atoms with E-state index in [2.05, 4.69) is 4.98 Å². The molecule has 0 bridgehead atoms. The van der Waals surface area contributed by atoms with Crippen molar-refractivity contribution in [3.8, 4) is 5.75 Å². The zero-order valence-electron chi connectivity index (χ0n) is 10.3. The van der Waals surface area contributed by atoms with Gasteiger partial charge in [-0.05, 0) is 31.2 Å². The Bertz CT molecular complexity index is 532. The second-order valence-electron chi connectivity index (χ2n) is 4.01. The van der Waals surface area contributed by atoms with Crippen molar-refractivity contribution in [3.63, 3.8) is 0 Å². The number of aryl methyl sites for hydroxylation is 1. The van der Waals surface area contributed by atoms with Crippen LogP contribution in [-0.4, -0.2) is 9.55 Å². The summed E-state index contributed by atoms with van der Waals surface area (Å²) in [5.41, 5.74) is 0.0526. The molecule has 1 aromatic carbocycles. The maximum Gasteiger partial charge on any atom is 0.416 e. The summed E-state index contributed by atoms with van der Waals surface area (Å²) in [6.07, 6.45) is -0.798. The number of halogens is 3. The zero-order valence-corrected chi connectivity index (χ0v) is 10.3. The molecule has 1 heterocycles. The van der Waals surface area contributed by atoms with E-state index in [-0.39, 0.29) is 6.61 Å². The van der Waals surface area contributed by atoms with E-state index in [1.54, 1.807) is 6.33 Å². The fourth-order valence-electron chi connectivity index (χ4n) is 1.55. The Kier molecular flexibility index (Phi) is 3.78. The molecular formula is C13H13F3N2O. The smallest absolute Gasteiger partial charge is 0.416 e. The quantitative estimate of drug-likeness (QED) is 0.850. The van der Waals surface area contributed by atoms with Gasteiger partial charge in [0.05, 0.1) is 17.6 Å². The number of ether oxygens (including phenoxy) is 1. The van der Waals surface area contributed by atoms with Crippen molar-refractivity contribution >= 4 is 0 Å². The fourth-order valence-corrected chi connectivity index (χ4v) is 1.55. The van der Waals surface area contributed by atoms with Crippen molar-refractivity contribution in [3.05, 3.63) is 48.0 Å². The molecule has 2 aromatic rings. The van der Waals surface area contributed by atoms with E-state index in [1.165, 1.54) is 12.1 Å². The van der Waals surface area contributed by atoms with Crippen LogP contribution >= 0.6 is 0 Å². The summed E-state index contributed by atoms with van der Waals surface area (Å²) in [6, 6.07) is 4.61. The predicted molar refractivity (Wildman–Crippen MR) is 63.7 cm³/mol. The number of rotatable bonds is 4. The standard InChI is InChI=1S/C13H13F3N2O/c1-2-18-7-11(17-9-18)8-19-12-5-3-10(4-6-12)13(14,15)16/h3-7,9H,2,8H2,1H3. The molecule has 2 rings (SSSR count). The molecule has 0 aliphatic heterocycles. The number of nitrogens with zero attached hydrogens (tertiary/aromatic N) is 2. The van der Waals surface area contributed by atoms with Crippen LogP contribution in [0, 0.1) is 0 Å². The van der Waals surface area contributed by atoms with E-state index in [9.17, 15) is 13.2 Å². The third-order valence-electron chi connectivity index (χ3n) is 2.62. The van der Waals surface area contributed by atoms with Gasteiger partial charge in [0.1, 0.15) is 12.4 Å².